The third-order valence-corrected chi connectivity index (χ3v) is 9.61. The number of nitrogens with zero attached hydrogens (tertiary/aromatic N) is 4. The number of aromatic nitrogens is 3. The first-order valence-electron chi connectivity index (χ1n) is 16.1. The van der Waals surface area contributed by atoms with E-state index in [4.69, 9.17) is 29.2 Å². The molecule has 1 saturated heterocycles. The van der Waals surface area contributed by atoms with Crippen LogP contribution in [0.25, 0.3) is 5.52 Å². The summed E-state index contributed by atoms with van der Waals surface area (Å²) in [7, 11) is -2.88. The predicted molar refractivity (Wildman–Crippen MR) is 168 cm³/mol. The Balaban J connectivity index is 1.50. The maximum atomic E-state index is 13.0. The molecule has 1 aliphatic heterocycles. The summed E-state index contributed by atoms with van der Waals surface area (Å²) in [6, 6.07) is 3.93. The molecule has 1 aliphatic carbocycles. The number of alkyl halides is 3. The summed E-state index contributed by atoms with van der Waals surface area (Å²) >= 11 is 0. The van der Waals surface area contributed by atoms with Gasteiger partial charge in [-0.3, -0.25) is 14.4 Å². The Hall–Kier alpha value is -3.91. The van der Waals surface area contributed by atoms with Crippen LogP contribution >= 0.6 is 8.18 Å². The van der Waals surface area contributed by atoms with Crippen LogP contribution in [0.3, 0.4) is 0 Å². The highest BCUT2D eigenvalue weighted by molar-refractivity contribution is 7.36. The Bertz CT molecular complexity index is 1610. The van der Waals surface area contributed by atoms with Crippen LogP contribution in [-0.4, -0.2) is 75.7 Å². The van der Waals surface area contributed by atoms with E-state index in [1.54, 1.807) is 39.8 Å². The molecule has 2 aliphatic rings. The van der Waals surface area contributed by atoms with Crippen molar-refractivity contribution in [3.05, 3.63) is 24.2 Å². The summed E-state index contributed by atoms with van der Waals surface area (Å²) in [4.78, 5) is 42.4. The van der Waals surface area contributed by atoms with Gasteiger partial charge in [0.15, 0.2) is 24.6 Å². The average molecular weight is 730 g/mol. The summed E-state index contributed by atoms with van der Waals surface area (Å²) in [6.45, 7) is 6.77. The number of anilines is 1. The van der Waals surface area contributed by atoms with Crippen molar-refractivity contribution in [3.8, 4) is 6.07 Å². The Morgan fingerprint density at radius 3 is 2.34 bits per heavy atom. The highest BCUT2D eigenvalue weighted by Gasteiger charge is 2.63. The minimum Gasteiger partial charge on any atom is -0.464 e. The molecular formula is C31H41F3N6O9P+. The highest BCUT2D eigenvalue weighted by atomic mass is 31.1. The van der Waals surface area contributed by atoms with Gasteiger partial charge in [-0.2, -0.15) is 23.5 Å². The molecule has 19 heteroatoms. The molecule has 3 heterocycles. The number of hydrogen-bond donors (Lipinski definition) is 2. The fraction of sp³-hybridized carbons (Fsp3) is 0.677. The molecule has 2 fully saturated rings. The Kier molecular flexibility index (Phi) is 12.4. The van der Waals surface area contributed by atoms with E-state index in [1.165, 1.54) is 17.8 Å². The van der Waals surface area contributed by atoms with Gasteiger partial charge in [0, 0.05) is 0 Å². The zero-order valence-electron chi connectivity index (χ0n) is 28.2. The highest BCUT2D eigenvalue weighted by Crippen LogP contribution is 2.45. The van der Waals surface area contributed by atoms with Gasteiger partial charge in [0.25, 0.3) is 0 Å². The molecule has 4 rings (SSSR count). The maximum absolute atomic E-state index is 13.0. The lowest BCUT2D eigenvalue weighted by Crippen LogP contribution is -2.50. The second-order valence-corrected chi connectivity index (χ2v) is 14.1. The van der Waals surface area contributed by atoms with Crippen LogP contribution in [0.2, 0.25) is 0 Å². The number of nitrogens with two attached hydrogens (primary N) is 1. The van der Waals surface area contributed by atoms with Crippen molar-refractivity contribution in [1.29, 1.82) is 5.26 Å². The maximum Gasteiger partial charge on any atom is 0.613 e. The van der Waals surface area contributed by atoms with Crippen LogP contribution in [0.15, 0.2) is 18.5 Å². The fourth-order valence-electron chi connectivity index (χ4n) is 5.64. The average Bonchev–Trinajstić information content (AvgIpc) is 3.62. The lowest BCUT2D eigenvalue weighted by atomic mass is 9.82. The Labute approximate surface area is 287 Å². The number of nitrogens with one attached hydrogen (secondary N) is 1. The lowest BCUT2D eigenvalue weighted by molar-refractivity contribution is -0.185. The van der Waals surface area contributed by atoms with Crippen LogP contribution in [-0.2, 0) is 42.4 Å². The topological polar surface area (TPSA) is 206 Å². The molecule has 0 aromatic carbocycles. The van der Waals surface area contributed by atoms with Crippen molar-refractivity contribution in [2.45, 2.75) is 96.4 Å². The Morgan fingerprint density at radius 2 is 1.74 bits per heavy atom. The van der Waals surface area contributed by atoms with Gasteiger partial charge in [-0.1, -0.05) is 32.8 Å². The van der Waals surface area contributed by atoms with Crippen LogP contribution in [0, 0.1) is 35.0 Å². The zero-order chi connectivity index (χ0) is 37.0. The minimum absolute atomic E-state index is 0.0453. The van der Waals surface area contributed by atoms with Crippen molar-refractivity contribution >= 4 is 37.4 Å². The number of ether oxygens (including phenoxy) is 4. The van der Waals surface area contributed by atoms with Crippen LogP contribution in [0.4, 0.5) is 19.0 Å². The molecule has 0 spiro atoms. The first kappa shape index (κ1) is 38.9. The van der Waals surface area contributed by atoms with E-state index < -0.39 is 86.6 Å². The molecule has 0 bridgehead atoms. The van der Waals surface area contributed by atoms with E-state index >= 15 is 0 Å². The standard InChI is InChI=1S/C31H41F3N6O9P/c1-16(2)27(41)47-24-23(21-10-11-22-26(36)37-15-38-40(21)22)49-30(13-35,25(24)48-28(42)17(3)4)14-46-50(44)39-18(5)29(43)45-12-19-6-8-20(9-7-19)31(32,33)34/h10-11,15-20,23-25H,6-9,12,14H2,1-5H3,(H,39,44)(H2,36,37,38)/q+1/t18-,19?,20?,23-,24-,25-,30+/m0/s1. The molecule has 6 atom stereocenters. The van der Waals surface area contributed by atoms with E-state index in [9.17, 15) is 37.4 Å². The number of rotatable bonds is 13. The monoisotopic (exact) mass is 729 g/mol. The van der Waals surface area contributed by atoms with Crippen LogP contribution < -0.4 is 10.8 Å². The molecule has 2 aromatic rings. The SMILES string of the molecule is CC(C)C(=O)O[C@H]1[C@H](c2ccc3c(N)ncnn23)O[C@](C#N)(CO[P+](=O)N[C@@H](C)C(=O)OCC2CCC(C(F)(F)F)CC2)[C@H]1OC(=O)C(C)C. The van der Waals surface area contributed by atoms with Crippen molar-refractivity contribution < 1.29 is 55.6 Å². The fourth-order valence-corrected chi connectivity index (χ4v) is 6.45. The molecular weight excluding hydrogens is 688 g/mol. The second-order valence-electron chi connectivity index (χ2n) is 13.1. The van der Waals surface area contributed by atoms with Gasteiger partial charge in [0.2, 0.25) is 5.60 Å². The van der Waals surface area contributed by atoms with Crippen LogP contribution in [0.1, 0.15) is 72.1 Å². The van der Waals surface area contributed by atoms with Gasteiger partial charge in [0.1, 0.15) is 30.1 Å². The van der Waals surface area contributed by atoms with E-state index in [0.717, 1.165) is 0 Å². The summed E-state index contributed by atoms with van der Waals surface area (Å²) in [5.74, 6) is -5.01. The smallest absolute Gasteiger partial charge is 0.464 e. The molecule has 2 aromatic heterocycles. The van der Waals surface area contributed by atoms with Crippen LogP contribution in [0.5, 0.6) is 0 Å². The number of esters is 3. The predicted octanol–water partition coefficient (Wildman–Crippen LogP) is 4.34. The number of fused-ring (bicyclic) bond motifs is 1. The Morgan fingerprint density at radius 1 is 1.10 bits per heavy atom. The molecule has 3 N–H and O–H groups in total. The number of nitriles is 1. The molecule has 0 amide bonds. The van der Waals surface area contributed by atoms with E-state index in [1.807, 2.05) is 6.07 Å². The third kappa shape index (κ3) is 8.87. The number of halogens is 3. The van der Waals surface area contributed by atoms with Crippen molar-refractivity contribution in [2.24, 2.45) is 23.7 Å². The number of nitrogen functional groups attached to an aromatic ring is 1. The van der Waals surface area contributed by atoms with E-state index in [2.05, 4.69) is 15.2 Å². The summed E-state index contributed by atoms with van der Waals surface area (Å²) in [5.41, 5.74) is 4.45. The first-order chi connectivity index (χ1) is 23.5. The lowest BCUT2D eigenvalue weighted by Gasteiger charge is -2.29. The summed E-state index contributed by atoms with van der Waals surface area (Å²) in [5, 5.41) is 17.2. The van der Waals surface area contributed by atoms with Gasteiger partial charge in [-0.15, -0.1) is 4.52 Å². The molecule has 1 unspecified atom stereocenters. The van der Waals surface area contributed by atoms with Crippen molar-refractivity contribution in [3.63, 3.8) is 0 Å². The van der Waals surface area contributed by atoms with Gasteiger partial charge >= 0.3 is 32.3 Å². The number of hydrogen-bond acceptors (Lipinski definition) is 13. The van der Waals surface area contributed by atoms with Gasteiger partial charge in [-0.25, -0.2) is 9.50 Å². The zero-order valence-corrected chi connectivity index (χ0v) is 29.1. The first-order valence-corrected chi connectivity index (χ1v) is 17.3. The van der Waals surface area contributed by atoms with Crippen molar-refractivity contribution in [1.82, 2.24) is 19.7 Å². The molecule has 0 radical (unpaired) electrons. The van der Waals surface area contributed by atoms with Crippen molar-refractivity contribution in [2.75, 3.05) is 18.9 Å². The largest absolute Gasteiger partial charge is 0.613 e. The second kappa shape index (κ2) is 16.0. The van der Waals surface area contributed by atoms with Gasteiger partial charge in [0.05, 0.1) is 30.1 Å². The normalized spacial score (nSPS) is 26.4. The van der Waals surface area contributed by atoms with Gasteiger partial charge in [-0.05, 0) is 55.2 Å². The van der Waals surface area contributed by atoms with E-state index in [-0.39, 0.29) is 49.7 Å². The van der Waals surface area contributed by atoms with E-state index in [0.29, 0.717) is 5.52 Å². The minimum atomic E-state index is -4.25. The molecule has 15 nitrogen and oxygen atoms in total. The summed E-state index contributed by atoms with van der Waals surface area (Å²) in [6.07, 6.45) is -6.91. The molecule has 50 heavy (non-hydrogen) atoms. The number of carbonyl (C=O) groups excluding carboxylic acids is 3. The number of carbonyl (C=O) groups is 3. The quantitative estimate of drug-likeness (QED) is 0.167. The molecule has 1 saturated carbocycles. The molecule has 274 valence electrons. The third-order valence-electron chi connectivity index (χ3n) is 8.64. The van der Waals surface area contributed by atoms with Gasteiger partial charge < -0.3 is 24.7 Å². The summed E-state index contributed by atoms with van der Waals surface area (Å²) < 4.78 is 81.8.